The lowest BCUT2D eigenvalue weighted by atomic mass is 10.0. The molecule has 0 amide bonds. The van der Waals surface area contributed by atoms with Gasteiger partial charge in [-0.15, -0.1) is 0 Å². The largest absolute Gasteiger partial charge is 0.207 e. The van der Waals surface area contributed by atoms with Crippen LogP contribution in [-0.4, -0.2) is 4.83 Å². The molecule has 0 saturated carbocycles. The lowest BCUT2D eigenvalue weighted by molar-refractivity contribution is 0.546. The normalized spacial score (nSPS) is 13.1. The van der Waals surface area contributed by atoms with Crippen molar-refractivity contribution >= 4 is 15.9 Å². The van der Waals surface area contributed by atoms with Gasteiger partial charge in [0.05, 0.1) is 0 Å². The van der Waals surface area contributed by atoms with Crippen molar-refractivity contribution in [3.8, 4) is 0 Å². The topological polar surface area (TPSA) is 0 Å². The summed E-state index contributed by atoms with van der Waals surface area (Å²) >= 11 is 3.64. The zero-order chi connectivity index (χ0) is 11.3. The van der Waals surface area contributed by atoms with Crippen molar-refractivity contribution in [2.24, 2.45) is 5.92 Å². The van der Waals surface area contributed by atoms with E-state index in [1.165, 1.54) is 6.07 Å². The number of hydrogen-bond acceptors (Lipinski definition) is 0. The van der Waals surface area contributed by atoms with Gasteiger partial charge in [0.2, 0.25) is 0 Å². The Balaban J connectivity index is 2.40. The molecule has 0 aliphatic heterocycles. The van der Waals surface area contributed by atoms with Crippen molar-refractivity contribution in [2.45, 2.75) is 37.9 Å². The summed E-state index contributed by atoms with van der Waals surface area (Å²) in [5.74, 6) is 0.608. The first-order valence-corrected chi connectivity index (χ1v) is 6.38. The predicted molar refractivity (Wildman–Crippen MR) is 66.9 cm³/mol. The molecule has 2 heteroatoms. The summed E-state index contributed by atoms with van der Waals surface area (Å²) in [6.07, 6.45) is 2.96. The second-order valence-corrected chi connectivity index (χ2v) is 5.65. The number of benzene rings is 1. The van der Waals surface area contributed by atoms with E-state index in [1.54, 1.807) is 6.07 Å². The Hall–Kier alpha value is -0.370. The van der Waals surface area contributed by atoms with Crippen molar-refractivity contribution in [3.63, 3.8) is 0 Å². The predicted octanol–water partition coefficient (Wildman–Crippen LogP) is 4.57. The van der Waals surface area contributed by atoms with Crippen LogP contribution in [0, 0.1) is 11.7 Å². The highest BCUT2D eigenvalue weighted by Gasteiger charge is 2.08. The molecule has 0 nitrogen and oxygen atoms in total. The quantitative estimate of drug-likeness (QED) is 0.689. The number of alkyl halides is 1. The van der Waals surface area contributed by atoms with Crippen molar-refractivity contribution < 1.29 is 4.39 Å². The van der Waals surface area contributed by atoms with Gasteiger partial charge in [-0.2, -0.15) is 0 Å². The lowest BCUT2D eigenvalue weighted by Gasteiger charge is -2.12. The fourth-order valence-electron chi connectivity index (χ4n) is 1.64. The Morgan fingerprint density at radius 1 is 1.27 bits per heavy atom. The van der Waals surface area contributed by atoms with Crippen LogP contribution in [0.2, 0.25) is 0 Å². The zero-order valence-electron chi connectivity index (χ0n) is 9.34. The minimum absolute atomic E-state index is 0.0817. The molecule has 1 unspecified atom stereocenters. The van der Waals surface area contributed by atoms with Gasteiger partial charge in [-0.05, 0) is 36.8 Å². The van der Waals surface area contributed by atoms with Crippen LogP contribution in [0.4, 0.5) is 4.39 Å². The van der Waals surface area contributed by atoms with Gasteiger partial charge in [0, 0.05) is 4.83 Å². The Kier molecular flexibility index (Phi) is 5.30. The molecule has 1 atom stereocenters. The average molecular weight is 273 g/mol. The fourth-order valence-corrected chi connectivity index (χ4v) is 2.62. The van der Waals surface area contributed by atoms with Crippen molar-refractivity contribution in [1.82, 2.24) is 0 Å². The lowest BCUT2D eigenvalue weighted by Crippen LogP contribution is -2.05. The summed E-state index contributed by atoms with van der Waals surface area (Å²) in [6.45, 7) is 4.41. The van der Waals surface area contributed by atoms with Crippen LogP contribution in [0.3, 0.4) is 0 Å². The van der Waals surface area contributed by atoms with Crippen LogP contribution in [0.5, 0.6) is 0 Å². The third-order valence-electron chi connectivity index (χ3n) is 2.41. The molecule has 0 heterocycles. The maximum Gasteiger partial charge on any atom is 0.126 e. The summed E-state index contributed by atoms with van der Waals surface area (Å²) in [7, 11) is 0. The second kappa shape index (κ2) is 6.26. The molecule has 84 valence electrons. The molecule has 0 aliphatic carbocycles. The van der Waals surface area contributed by atoms with E-state index in [0.717, 1.165) is 24.8 Å². The third kappa shape index (κ3) is 4.78. The molecular weight excluding hydrogens is 255 g/mol. The molecule has 0 N–H and O–H groups in total. The second-order valence-electron chi connectivity index (χ2n) is 4.36. The van der Waals surface area contributed by atoms with Gasteiger partial charge in [-0.25, -0.2) is 4.39 Å². The van der Waals surface area contributed by atoms with Crippen molar-refractivity contribution in [2.75, 3.05) is 0 Å². The van der Waals surface area contributed by atoms with Crippen LogP contribution in [0.25, 0.3) is 0 Å². The molecule has 1 rings (SSSR count). The third-order valence-corrected chi connectivity index (χ3v) is 3.24. The first kappa shape index (κ1) is 12.7. The Bertz CT molecular complexity index is 296. The van der Waals surface area contributed by atoms with Gasteiger partial charge in [-0.1, -0.05) is 48.0 Å². The number of aryl methyl sites for hydroxylation is 1. The van der Waals surface area contributed by atoms with Crippen LogP contribution >= 0.6 is 15.9 Å². The molecule has 0 aliphatic rings. The fraction of sp³-hybridized carbons (Fsp3) is 0.538. The van der Waals surface area contributed by atoms with Gasteiger partial charge in [0.1, 0.15) is 5.82 Å². The summed E-state index contributed by atoms with van der Waals surface area (Å²) in [5, 5.41) is 0. The number of rotatable bonds is 5. The van der Waals surface area contributed by atoms with Crippen molar-refractivity contribution in [1.29, 1.82) is 0 Å². The highest BCUT2D eigenvalue weighted by molar-refractivity contribution is 9.09. The summed E-state index contributed by atoms with van der Waals surface area (Å²) < 4.78 is 13.3. The molecule has 0 aromatic heterocycles. The number of halogens is 2. The van der Waals surface area contributed by atoms with Crippen molar-refractivity contribution in [3.05, 3.63) is 35.6 Å². The van der Waals surface area contributed by atoms with E-state index >= 15 is 0 Å². The molecule has 15 heavy (non-hydrogen) atoms. The Morgan fingerprint density at radius 3 is 2.53 bits per heavy atom. The van der Waals surface area contributed by atoms with Crippen LogP contribution < -0.4 is 0 Å². The smallest absolute Gasteiger partial charge is 0.126 e. The van der Waals surface area contributed by atoms with E-state index in [1.807, 2.05) is 12.1 Å². The monoisotopic (exact) mass is 272 g/mol. The SMILES string of the molecule is CC(C)CC(Br)CCc1ccccc1F. The molecule has 0 spiro atoms. The first-order chi connectivity index (χ1) is 7.09. The Labute approximate surface area is 100 Å². The summed E-state index contributed by atoms with van der Waals surface area (Å²) in [4.78, 5) is 0.497. The number of hydrogen-bond donors (Lipinski definition) is 0. The zero-order valence-corrected chi connectivity index (χ0v) is 10.9. The summed E-state index contributed by atoms with van der Waals surface area (Å²) in [6, 6.07) is 7.02. The maximum atomic E-state index is 13.3. The van der Waals surface area contributed by atoms with Crippen LogP contribution in [0.1, 0.15) is 32.3 Å². The minimum Gasteiger partial charge on any atom is -0.207 e. The van der Waals surface area contributed by atoms with Gasteiger partial charge in [0.15, 0.2) is 0 Å². The molecule has 0 bridgehead atoms. The summed E-state index contributed by atoms with van der Waals surface area (Å²) in [5.41, 5.74) is 0.825. The van der Waals surface area contributed by atoms with E-state index in [2.05, 4.69) is 29.8 Å². The van der Waals surface area contributed by atoms with Gasteiger partial charge < -0.3 is 0 Å². The molecule has 0 fully saturated rings. The van der Waals surface area contributed by atoms with Gasteiger partial charge in [-0.3, -0.25) is 0 Å². The van der Waals surface area contributed by atoms with E-state index in [0.29, 0.717) is 10.7 Å². The highest BCUT2D eigenvalue weighted by atomic mass is 79.9. The Morgan fingerprint density at radius 2 is 1.93 bits per heavy atom. The van der Waals surface area contributed by atoms with E-state index in [9.17, 15) is 4.39 Å². The van der Waals surface area contributed by atoms with Gasteiger partial charge in [0.25, 0.3) is 0 Å². The molecule has 1 aromatic rings. The van der Waals surface area contributed by atoms with Crippen LogP contribution in [0.15, 0.2) is 24.3 Å². The van der Waals surface area contributed by atoms with E-state index < -0.39 is 0 Å². The first-order valence-electron chi connectivity index (χ1n) is 5.47. The average Bonchev–Trinajstić information content (AvgIpc) is 2.15. The molecule has 0 saturated heterocycles. The molecule has 1 aromatic carbocycles. The standard InChI is InChI=1S/C13H18BrF/c1-10(2)9-12(14)8-7-11-5-3-4-6-13(11)15/h3-6,10,12H,7-9H2,1-2H3. The van der Waals surface area contributed by atoms with E-state index in [4.69, 9.17) is 0 Å². The maximum absolute atomic E-state index is 13.3. The molecule has 0 radical (unpaired) electrons. The van der Waals surface area contributed by atoms with E-state index in [-0.39, 0.29) is 5.82 Å². The van der Waals surface area contributed by atoms with Gasteiger partial charge >= 0.3 is 0 Å². The minimum atomic E-state index is -0.0817. The highest BCUT2D eigenvalue weighted by Crippen LogP contribution is 2.19. The molecular formula is C13H18BrF. The van der Waals surface area contributed by atoms with Crippen LogP contribution in [-0.2, 0) is 6.42 Å².